The van der Waals surface area contributed by atoms with E-state index in [1.54, 1.807) is 6.07 Å². The zero-order valence-electron chi connectivity index (χ0n) is 5.35. The van der Waals surface area contributed by atoms with Gasteiger partial charge in [0.15, 0.2) is 0 Å². The van der Waals surface area contributed by atoms with Gasteiger partial charge in [-0.25, -0.2) is 4.79 Å². The first-order valence-corrected chi connectivity index (χ1v) is 3.74. The van der Waals surface area contributed by atoms with E-state index >= 15 is 0 Å². The molecule has 0 amide bonds. The third-order valence-electron chi connectivity index (χ3n) is 1.06. The molecule has 0 spiro atoms. The lowest BCUT2D eigenvalue weighted by Crippen LogP contribution is -2.00. The molecule has 54 valence electrons. The molecular formula is C6H6INO2. The van der Waals surface area contributed by atoms with Crippen LogP contribution in [0, 0.1) is 3.70 Å². The fourth-order valence-corrected chi connectivity index (χ4v) is 1.07. The highest BCUT2D eigenvalue weighted by atomic mass is 127. The molecule has 0 saturated carbocycles. The minimum atomic E-state index is -0.331. The van der Waals surface area contributed by atoms with Crippen LogP contribution in [-0.4, -0.2) is 18.1 Å². The van der Waals surface area contributed by atoms with Crippen LogP contribution in [0.15, 0.2) is 12.1 Å². The maximum Gasteiger partial charge on any atom is 0.354 e. The van der Waals surface area contributed by atoms with E-state index in [-0.39, 0.29) is 5.97 Å². The number of hydrogen-bond acceptors (Lipinski definition) is 2. The molecule has 0 aliphatic heterocycles. The Bertz CT molecular complexity index is 244. The van der Waals surface area contributed by atoms with Crippen LogP contribution < -0.4 is 0 Å². The number of esters is 1. The van der Waals surface area contributed by atoms with Crippen molar-refractivity contribution in [3.05, 3.63) is 21.5 Å². The van der Waals surface area contributed by atoms with Gasteiger partial charge in [0, 0.05) is 0 Å². The highest BCUT2D eigenvalue weighted by molar-refractivity contribution is 14.1. The summed E-state index contributed by atoms with van der Waals surface area (Å²) in [5, 5.41) is 0. The zero-order valence-corrected chi connectivity index (χ0v) is 7.51. The van der Waals surface area contributed by atoms with Gasteiger partial charge in [-0.05, 0) is 34.7 Å². The number of ether oxygens (including phenoxy) is 1. The summed E-state index contributed by atoms with van der Waals surface area (Å²) in [5.41, 5.74) is 0.493. The number of halogens is 1. The van der Waals surface area contributed by atoms with Crippen LogP contribution >= 0.6 is 22.6 Å². The summed E-state index contributed by atoms with van der Waals surface area (Å²) in [6.45, 7) is 0. The van der Waals surface area contributed by atoms with Gasteiger partial charge in [-0.3, -0.25) is 0 Å². The second-order valence-electron chi connectivity index (χ2n) is 1.71. The number of aromatic nitrogens is 1. The van der Waals surface area contributed by atoms with E-state index in [4.69, 9.17) is 0 Å². The van der Waals surface area contributed by atoms with E-state index in [0.717, 1.165) is 3.70 Å². The van der Waals surface area contributed by atoms with Crippen LogP contribution in [0.1, 0.15) is 10.5 Å². The van der Waals surface area contributed by atoms with Crippen molar-refractivity contribution in [2.24, 2.45) is 0 Å². The van der Waals surface area contributed by atoms with E-state index in [1.165, 1.54) is 7.11 Å². The summed E-state index contributed by atoms with van der Waals surface area (Å²) in [4.78, 5) is 13.6. The molecular weight excluding hydrogens is 245 g/mol. The first-order valence-electron chi connectivity index (χ1n) is 2.67. The number of rotatable bonds is 1. The van der Waals surface area contributed by atoms with Crippen molar-refractivity contribution in [1.82, 2.24) is 4.98 Å². The van der Waals surface area contributed by atoms with Gasteiger partial charge in [-0.2, -0.15) is 0 Å². The van der Waals surface area contributed by atoms with Gasteiger partial charge in [0.05, 0.1) is 10.8 Å². The molecule has 0 unspecified atom stereocenters. The van der Waals surface area contributed by atoms with Gasteiger partial charge < -0.3 is 9.72 Å². The molecule has 1 N–H and O–H groups in total. The topological polar surface area (TPSA) is 42.1 Å². The smallest absolute Gasteiger partial charge is 0.354 e. The molecule has 10 heavy (non-hydrogen) atoms. The van der Waals surface area contributed by atoms with Gasteiger partial charge in [0.25, 0.3) is 0 Å². The van der Waals surface area contributed by atoms with Crippen molar-refractivity contribution in [1.29, 1.82) is 0 Å². The number of carbonyl (C=O) groups is 1. The summed E-state index contributed by atoms with van der Waals surface area (Å²) in [5.74, 6) is -0.331. The molecule has 0 fully saturated rings. The summed E-state index contributed by atoms with van der Waals surface area (Å²) in [6.07, 6.45) is 0. The highest BCUT2D eigenvalue weighted by Crippen LogP contribution is 2.04. The lowest BCUT2D eigenvalue weighted by atomic mass is 10.4. The Morgan fingerprint density at radius 3 is 2.80 bits per heavy atom. The van der Waals surface area contributed by atoms with Gasteiger partial charge >= 0.3 is 5.97 Å². The molecule has 0 saturated heterocycles. The molecule has 1 aromatic heterocycles. The second-order valence-corrected chi connectivity index (χ2v) is 2.87. The molecule has 0 bridgehead atoms. The number of carbonyl (C=O) groups excluding carboxylic acids is 1. The minimum Gasteiger partial charge on any atom is -0.464 e. The van der Waals surface area contributed by atoms with E-state index in [9.17, 15) is 4.79 Å². The van der Waals surface area contributed by atoms with Crippen molar-refractivity contribution in [2.45, 2.75) is 0 Å². The van der Waals surface area contributed by atoms with Crippen molar-refractivity contribution in [3.8, 4) is 0 Å². The molecule has 1 aromatic rings. The average Bonchev–Trinajstić information content (AvgIpc) is 2.34. The van der Waals surface area contributed by atoms with Crippen LogP contribution in [0.3, 0.4) is 0 Å². The fourth-order valence-electron chi connectivity index (χ4n) is 0.598. The Labute approximate surface area is 71.9 Å². The predicted octanol–water partition coefficient (Wildman–Crippen LogP) is 1.41. The molecule has 0 aromatic carbocycles. The Morgan fingerprint density at radius 2 is 2.40 bits per heavy atom. The van der Waals surface area contributed by atoms with E-state index in [2.05, 4.69) is 32.3 Å². The zero-order chi connectivity index (χ0) is 7.56. The van der Waals surface area contributed by atoms with E-state index in [1.807, 2.05) is 6.07 Å². The fraction of sp³-hybridized carbons (Fsp3) is 0.167. The summed E-state index contributed by atoms with van der Waals surface area (Å²) >= 11 is 2.09. The van der Waals surface area contributed by atoms with Gasteiger partial charge in [0.2, 0.25) is 0 Å². The first kappa shape index (κ1) is 7.59. The van der Waals surface area contributed by atoms with Crippen molar-refractivity contribution in [3.63, 3.8) is 0 Å². The van der Waals surface area contributed by atoms with E-state index in [0.29, 0.717) is 5.69 Å². The lowest BCUT2D eigenvalue weighted by Gasteiger charge is -1.91. The highest BCUT2D eigenvalue weighted by Gasteiger charge is 2.05. The summed E-state index contributed by atoms with van der Waals surface area (Å²) in [7, 11) is 1.36. The van der Waals surface area contributed by atoms with Crippen molar-refractivity contribution >= 4 is 28.6 Å². The Morgan fingerprint density at radius 1 is 1.70 bits per heavy atom. The van der Waals surface area contributed by atoms with Crippen LogP contribution in [0.4, 0.5) is 0 Å². The molecule has 3 nitrogen and oxygen atoms in total. The predicted molar refractivity (Wildman–Crippen MR) is 44.8 cm³/mol. The van der Waals surface area contributed by atoms with Crippen LogP contribution in [0.2, 0.25) is 0 Å². The Hall–Kier alpha value is -0.520. The van der Waals surface area contributed by atoms with E-state index < -0.39 is 0 Å². The summed E-state index contributed by atoms with van der Waals surface area (Å²) in [6, 6.07) is 3.50. The minimum absolute atomic E-state index is 0.331. The number of methoxy groups -OCH3 is 1. The molecule has 0 aliphatic carbocycles. The Balaban J connectivity index is 2.85. The molecule has 0 radical (unpaired) electrons. The van der Waals surface area contributed by atoms with Crippen molar-refractivity contribution < 1.29 is 9.53 Å². The number of aromatic amines is 1. The van der Waals surface area contributed by atoms with Gasteiger partial charge in [-0.15, -0.1) is 0 Å². The van der Waals surface area contributed by atoms with Crippen molar-refractivity contribution in [2.75, 3.05) is 7.11 Å². The second kappa shape index (κ2) is 3.05. The maximum atomic E-state index is 10.8. The number of hydrogen-bond donors (Lipinski definition) is 1. The monoisotopic (exact) mass is 251 g/mol. The molecule has 4 heteroatoms. The third-order valence-corrected chi connectivity index (χ3v) is 1.68. The van der Waals surface area contributed by atoms with Crippen LogP contribution in [-0.2, 0) is 4.74 Å². The molecule has 0 aliphatic rings. The number of H-pyrrole nitrogens is 1. The van der Waals surface area contributed by atoms with Gasteiger partial charge in [-0.1, -0.05) is 0 Å². The quantitative estimate of drug-likeness (QED) is 0.605. The van der Waals surface area contributed by atoms with Gasteiger partial charge in [0.1, 0.15) is 5.69 Å². The van der Waals surface area contributed by atoms with Crippen LogP contribution in [0.5, 0.6) is 0 Å². The summed E-state index contributed by atoms with van der Waals surface area (Å²) < 4.78 is 5.40. The molecule has 1 rings (SSSR count). The third kappa shape index (κ3) is 1.50. The lowest BCUT2D eigenvalue weighted by molar-refractivity contribution is 0.0594. The average molecular weight is 251 g/mol. The van der Waals surface area contributed by atoms with Crippen LogP contribution in [0.25, 0.3) is 0 Å². The first-order chi connectivity index (χ1) is 4.74. The maximum absolute atomic E-state index is 10.8. The SMILES string of the molecule is COC(=O)c1ccc(I)[nH]1. The standard InChI is InChI=1S/C6H6INO2/c1-10-6(9)4-2-3-5(7)8-4/h2-3,8H,1H3. The molecule has 1 heterocycles. The molecule has 0 atom stereocenters. The number of nitrogens with one attached hydrogen (secondary N) is 1. The largest absolute Gasteiger partial charge is 0.464 e. The Kier molecular flexibility index (Phi) is 2.31. The normalized spacial score (nSPS) is 9.40.